The molecule has 2 heterocycles. The van der Waals surface area contributed by atoms with E-state index in [9.17, 15) is 0 Å². The topological polar surface area (TPSA) is 47.3 Å². The fraction of sp³-hybridized carbons (Fsp3) is 0.812. The Kier molecular flexibility index (Phi) is 3.63. The van der Waals surface area contributed by atoms with Gasteiger partial charge < -0.3 is 14.6 Å². The van der Waals surface area contributed by atoms with E-state index < -0.39 is 0 Å². The van der Waals surface area contributed by atoms with E-state index in [1.165, 1.54) is 12.8 Å². The van der Waals surface area contributed by atoms with Crippen molar-refractivity contribution in [3.05, 3.63) is 17.5 Å². The molecule has 1 saturated carbocycles. The molecule has 0 aromatic carbocycles. The minimum atomic E-state index is 0.214. The molecule has 3 unspecified atom stereocenters. The first kappa shape index (κ1) is 14.1. The number of rotatable bonds is 4. The highest BCUT2D eigenvalue weighted by Gasteiger charge is 2.57. The van der Waals surface area contributed by atoms with Gasteiger partial charge in [-0.3, -0.25) is 0 Å². The number of fused-ring (bicyclic) bond motifs is 1. The highest BCUT2D eigenvalue weighted by Crippen LogP contribution is 2.51. The highest BCUT2D eigenvalue weighted by atomic mass is 16.5. The van der Waals surface area contributed by atoms with Crippen molar-refractivity contribution in [1.29, 1.82) is 0 Å². The molecular formula is C16H26N2O2. The Balaban J connectivity index is 1.60. The molecule has 2 fully saturated rings. The molecule has 3 atom stereocenters. The summed E-state index contributed by atoms with van der Waals surface area (Å²) in [7, 11) is 0. The molecule has 2 aliphatic rings. The zero-order valence-corrected chi connectivity index (χ0v) is 13.0. The lowest BCUT2D eigenvalue weighted by Gasteiger charge is -2.60. The maximum Gasteiger partial charge on any atom is 0.150 e. The van der Waals surface area contributed by atoms with Crippen molar-refractivity contribution in [2.45, 2.75) is 65.1 Å². The number of nitrogens with zero attached hydrogens (tertiary/aromatic N) is 1. The Labute approximate surface area is 121 Å². The fourth-order valence-corrected chi connectivity index (χ4v) is 3.83. The first-order valence-corrected chi connectivity index (χ1v) is 7.80. The summed E-state index contributed by atoms with van der Waals surface area (Å²) in [6, 6.07) is 2.58. The molecule has 0 amide bonds. The summed E-state index contributed by atoms with van der Waals surface area (Å²) >= 11 is 0. The van der Waals surface area contributed by atoms with Crippen molar-refractivity contribution in [2.24, 2.45) is 11.3 Å². The zero-order valence-electron chi connectivity index (χ0n) is 13.0. The van der Waals surface area contributed by atoms with Gasteiger partial charge in [-0.05, 0) is 18.8 Å². The first-order valence-electron chi connectivity index (χ1n) is 7.80. The van der Waals surface area contributed by atoms with Crippen LogP contribution >= 0.6 is 0 Å². The molecule has 1 N–H and O–H groups in total. The van der Waals surface area contributed by atoms with Crippen molar-refractivity contribution >= 4 is 0 Å². The first-order chi connectivity index (χ1) is 9.50. The minimum absolute atomic E-state index is 0.214. The van der Waals surface area contributed by atoms with Crippen molar-refractivity contribution in [1.82, 2.24) is 10.5 Å². The molecule has 0 bridgehead atoms. The van der Waals surface area contributed by atoms with E-state index in [4.69, 9.17) is 9.26 Å². The van der Waals surface area contributed by atoms with Crippen LogP contribution in [-0.4, -0.2) is 23.9 Å². The summed E-state index contributed by atoms with van der Waals surface area (Å²) in [5.74, 6) is 2.01. The Hall–Kier alpha value is -0.870. The van der Waals surface area contributed by atoms with Gasteiger partial charge >= 0.3 is 0 Å². The molecule has 0 spiro atoms. The van der Waals surface area contributed by atoms with Crippen molar-refractivity contribution in [3.63, 3.8) is 0 Å². The van der Waals surface area contributed by atoms with Gasteiger partial charge in [0.15, 0.2) is 5.76 Å². The monoisotopic (exact) mass is 278 g/mol. The third-order valence-corrected chi connectivity index (χ3v) is 5.00. The average Bonchev–Trinajstić information content (AvgIpc) is 2.88. The summed E-state index contributed by atoms with van der Waals surface area (Å²) in [4.78, 5) is 0. The number of hydrogen-bond donors (Lipinski definition) is 1. The van der Waals surface area contributed by atoms with E-state index in [0.29, 0.717) is 24.0 Å². The van der Waals surface area contributed by atoms with Crippen LogP contribution in [0.25, 0.3) is 0 Å². The lowest BCUT2D eigenvalue weighted by Crippen LogP contribution is -2.69. The van der Waals surface area contributed by atoms with Gasteiger partial charge in [-0.15, -0.1) is 0 Å². The van der Waals surface area contributed by atoms with Crippen molar-refractivity contribution < 1.29 is 9.26 Å². The van der Waals surface area contributed by atoms with E-state index in [1.54, 1.807) is 0 Å². The van der Waals surface area contributed by atoms with Gasteiger partial charge in [-0.25, -0.2) is 0 Å². The molecular weight excluding hydrogens is 252 g/mol. The van der Waals surface area contributed by atoms with E-state index in [2.05, 4.69) is 44.2 Å². The molecule has 112 valence electrons. The van der Waals surface area contributed by atoms with Gasteiger partial charge in [-0.2, -0.15) is 0 Å². The highest BCUT2D eigenvalue weighted by molar-refractivity contribution is 5.12. The molecule has 1 saturated heterocycles. The Morgan fingerprint density at radius 1 is 1.45 bits per heavy atom. The minimum Gasteiger partial charge on any atom is -0.377 e. The quantitative estimate of drug-likeness (QED) is 0.919. The van der Waals surface area contributed by atoms with Crippen molar-refractivity contribution in [3.8, 4) is 0 Å². The summed E-state index contributed by atoms with van der Waals surface area (Å²) in [5, 5.41) is 7.78. The summed E-state index contributed by atoms with van der Waals surface area (Å²) in [6.45, 7) is 10.6. The summed E-state index contributed by atoms with van der Waals surface area (Å²) in [6.07, 6.45) is 2.89. The average molecular weight is 278 g/mol. The standard InChI is InChI=1S/C16H26N2O2/c1-10(2)13-8-11(20-18-13)9-17-14-12-6-5-7-19-15(12)16(14,3)4/h8,10,12,14-15,17H,5-7,9H2,1-4H3. The molecule has 1 aromatic rings. The molecule has 4 heteroatoms. The number of nitrogens with one attached hydrogen (secondary N) is 1. The fourth-order valence-electron chi connectivity index (χ4n) is 3.83. The van der Waals surface area contributed by atoms with Gasteiger partial charge in [0.2, 0.25) is 0 Å². The molecule has 1 aliphatic heterocycles. The van der Waals surface area contributed by atoms with E-state index in [0.717, 1.165) is 24.6 Å². The normalized spacial score (nSPS) is 31.9. The van der Waals surface area contributed by atoms with Gasteiger partial charge in [-0.1, -0.05) is 32.9 Å². The Morgan fingerprint density at radius 3 is 2.95 bits per heavy atom. The third-order valence-electron chi connectivity index (χ3n) is 5.00. The van der Waals surface area contributed by atoms with Crippen molar-refractivity contribution in [2.75, 3.05) is 6.61 Å². The second-order valence-electron chi connectivity index (χ2n) is 7.15. The summed E-state index contributed by atoms with van der Waals surface area (Å²) < 4.78 is 11.3. The molecule has 4 nitrogen and oxygen atoms in total. The van der Waals surface area contributed by atoms with Crippen LogP contribution in [0.15, 0.2) is 10.6 Å². The molecule has 0 radical (unpaired) electrons. The van der Waals surface area contributed by atoms with Crippen LogP contribution in [0.1, 0.15) is 57.9 Å². The van der Waals surface area contributed by atoms with Crippen LogP contribution in [-0.2, 0) is 11.3 Å². The van der Waals surface area contributed by atoms with Crippen LogP contribution in [0.5, 0.6) is 0 Å². The molecule has 20 heavy (non-hydrogen) atoms. The van der Waals surface area contributed by atoms with Crippen LogP contribution in [0.4, 0.5) is 0 Å². The maximum absolute atomic E-state index is 5.93. The predicted octanol–water partition coefficient (Wildman–Crippen LogP) is 3.09. The van der Waals surface area contributed by atoms with Gasteiger partial charge in [0, 0.05) is 30.0 Å². The molecule has 3 rings (SSSR count). The van der Waals surface area contributed by atoms with E-state index in [1.807, 2.05) is 0 Å². The number of ether oxygens (including phenoxy) is 1. The second kappa shape index (κ2) is 5.15. The maximum atomic E-state index is 5.93. The van der Waals surface area contributed by atoms with E-state index in [-0.39, 0.29) is 5.41 Å². The van der Waals surface area contributed by atoms with Gasteiger partial charge in [0.05, 0.1) is 18.3 Å². The van der Waals surface area contributed by atoms with Crippen LogP contribution < -0.4 is 5.32 Å². The largest absolute Gasteiger partial charge is 0.377 e. The van der Waals surface area contributed by atoms with Crippen LogP contribution in [0, 0.1) is 11.3 Å². The predicted molar refractivity (Wildman–Crippen MR) is 77.5 cm³/mol. The number of aromatic nitrogens is 1. The van der Waals surface area contributed by atoms with Gasteiger partial charge in [0.25, 0.3) is 0 Å². The Morgan fingerprint density at radius 2 is 2.25 bits per heavy atom. The van der Waals surface area contributed by atoms with Crippen LogP contribution in [0.3, 0.4) is 0 Å². The summed E-state index contributed by atoms with van der Waals surface area (Å²) in [5.41, 5.74) is 1.25. The third kappa shape index (κ3) is 2.29. The SMILES string of the molecule is CC(C)c1cc(CNC2C3CCCOC3C2(C)C)on1. The lowest BCUT2D eigenvalue weighted by molar-refractivity contribution is -0.193. The van der Waals surface area contributed by atoms with Crippen LogP contribution in [0.2, 0.25) is 0 Å². The smallest absolute Gasteiger partial charge is 0.150 e. The van der Waals surface area contributed by atoms with Gasteiger partial charge in [0.1, 0.15) is 0 Å². The van der Waals surface area contributed by atoms with E-state index >= 15 is 0 Å². The number of hydrogen-bond acceptors (Lipinski definition) is 4. The Bertz CT molecular complexity index is 467. The zero-order chi connectivity index (χ0) is 14.3. The molecule has 1 aliphatic carbocycles. The second-order valence-corrected chi connectivity index (χ2v) is 7.15. The lowest BCUT2D eigenvalue weighted by atomic mass is 9.55. The molecule has 1 aromatic heterocycles.